The molecule has 0 saturated carbocycles. The maximum atomic E-state index is 10.7. The van der Waals surface area contributed by atoms with Crippen molar-refractivity contribution in [3.63, 3.8) is 0 Å². The SMILES string of the molecule is Cc1cccc(C)c1NC(=S)N/N=C\c1ccc(-c2ccc([N+](=O)[O-])cc2)o1. The molecule has 0 fully saturated rings. The topological polar surface area (TPSA) is 92.7 Å². The van der Waals surface area contributed by atoms with Crippen LogP contribution in [0.2, 0.25) is 0 Å². The number of thiocarbonyl (C=S) groups is 1. The van der Waals surface area contributed by atoms with Gasteiger partial charge in [-0.3, -0.25) is 15.5 Å². The van der Waals surface area contributed by atoms with Crippen LogP contribution in [0, 0.1) is 24.0 Å². The van der Waals surface area contributed by atoms with E-state index in [-0.39, 0.29) is 5.69 Å². The van der Waals surface area contributed by atoms with Crippen molar-refractivity contribution in [1.82, 2.24) is 5.43 Å². The van der Waals surface area contributed by atoms with Crippen LogP contribution in [0.3, 0.4) is 0 Å². The number of furan rings is 1. The van der Waals surface area contributed by atoms with Crippen LogP contribution in [0.15, 0.2) is 64.1 Å². The Morgan fingerprint density at radius 2 is 1.79 bits per heavy atom. The van der Waals surface area contributed by atoms with Gasteiger partial charge in [0.15, 0.2) is 5.11 Å². The maximum absolute atomic E-state index is 10.7. The molecule has 3 rings (SSSR count). The highest BCUT2D eigenvalue weighted by Gasteiger charge is 2.08. The van der Waals surface area contributed by atoms with Gasteiger partial charge in [-0.1, -0.05) is 18.2 Å². The second-order valence-corrected chi connectivity index (χ2v) is 6.51. The Morgan fingerprint density at radius 3 is 2.43 bits per heavy atom. The van der Waals surface area contributed by atoms with Crippen LogP contribution < -0.4 is 10.7 Å². The summed E-state index contributed by atoms with van der Waals surface area (Å²) < 4.78 is 5.69. The van der Waals surface area contributed by atoms with Gasteiger partial charge in [-0.25, -0.2) is 0 Å². The summed E-state index contributed by atoms with van der Waals surface area (Å²) in [6.45, 7) is 4.01. The summed E-state index contributed by atoms with van der Waals surface area (Å²) in [5.41, 5.74) is 6.66. The van der Waals surface area contributed by atoms with Crippen molar-refractivity contribution < 1.29 is 9.34 Å². The average Bonchev–Trinajstić information content (AvgIpc) is 3.14. The number of aryl methyl sites for hydroxylation is 2. The number of rotatable bonds is 5. The number of anilines is 1. The van der Waals surface area contributed by atoms with Crippen LogP contribution in [0.4, 0.5) is 11.4 Å². The Kier molecular flexibility index (Phi) is 5.81. The molecule has 1 heterocycles. The number of para-hydroxylation sites is 1. The molecule has 1 aromatic heterocycles. The Labute approximate surface area is 167 Å². The van der Waals surface area contributed by atoms with Crippen molar-refractivity contribution in [3.8, 4) is 11.3 Å². The summed E-state index contributed by atoms with van der Waals surface area (Å²) in [7, 11) is 0. The lowest BCUT2D eigenvalue weighted by Crippen LogP contribution is -2.24. The molecule has 0 unspecified atom stereocenters. The molecule has 2 N–H and O–H groups in total. The highest BCUT2D eigenvalue weighted by atomic mass is 32.1. The number of hydrogen-bond acceptors (Lipinski definition) is 5. The number of nitro groups is 1. The Hall–Kier alpha value is -3.52. The minimum absolute atomic E-state index is 0.0335. The second kappa shape index (κ2) is 8.45. The van der Waals surface area contributed by atoms with Crippen LogP contribution in [0.5, 0.6) is 0 Å². The number of hydrogen-bond donors (Lipinski definition) is 2. The Balaban J connectivity index is 1.61. The number of nitrogens with zero attached hydrogens (tertiary/aromatic N) is 2. The van der Waals surface area contributed by atoms with Gasteiger partial charge in [-0.15, -0.1) is 0 Å². The lowest BCUT2D eigenvalue weighted by atomic mass is 10.1. The normalized spacial score (nSPS) is 10.8. The van der Waals surface area contributed by atoms with Gasteiger partial charge in [0, 0.05) is 23.4 Å². The van der Waals surface area contributed by atoms with Gasteiger partial charge in [0.25, 0.3) is 5.69 Å². The minimum Gasteiger partial charge on any atom is -0.455 e. The van der Waals surface area contributed by atoms with Gasteiger partial charge in [0.2, 0.25) is 0 Å². The van der Waals surface area contributed by atoms with Gasteiger partial charge < -0.3 is 9.73 Å². The first-order chi connectivity index (χ1) is 13.4. The van der Waals surface area contributed by atoms with E-state index < -0.39 is 4.92 Å². The first-order valence-electron chi connectivity index (χ1n) is 8.45. The lowest BCUT2D eigenvalue weighted by molar-refractivity contribution is -0.384. The molecule has 2 aromatic carbocycles. The van der Waals surface area contributed by atoms with Crippen molar-refractivity contribution in [1.29, 1.82) is 0 Å². The van der Waals surface area contributed by atoms with Crippen molar-refractivity contribution in [2.45, 2.75) is 13.8 Å². The van der Waals surface area contributed by atoms with E-state index in [9.17, 15) is 10.1 Å². The van der Waals surface area contributed by atoms with E-state index in [1.165, 1.54) is 18.3 Å². The van der Waals surface area contributed by atoms with Gasteiger partial charge >= 0.3 is 0 Å². The number of non-ortho nitro benzene ring substituents is 1. The first kappa shape index (κ1) is 19.2. The Bertz CT molecular complexity index is 1020. The molecule has 3 aromatic rings. The number of hydrazone groups is 1. The molecule has 0 aliphatic carbocycles. The maximum Gasteiger partial charge on any atom is 0.269 e. The predicted molar refractivity (Wildman–Crippen MR) is 114 cm³/mol. The van der Waals surface area contributed by atoms with E-state index in [1.807, 2.05) is 32.0 Å². The molecule has 0 atom stereocenters. The number of benzene rings is 2. The monoisotopic (exact) mass is 394 g/mol. The van der Waals surface area contributed by atoms with Crippen LogP contribution in [-0.2, 0) is 0 Å². The molecule has 142 valence electrons. The summed E-state index contributed by atoms with van der Waals surface area (Å²) >= 11 is 5.26. The predicted octanol–water partition coefficient (Wildman–Crippen LogP) is 4.79. The fourth-order valence-electron chi connectivity index (χ4n) is 2.63. The molecule has 0 aliphatic heterocycles. The van der Waals surface area contributed by atoms with Crippen LogP contribution in [0.25, 0.3) is 11.3 Å². The van der Waals surface area contributed by atoms with Crippen molar-refractivity contribution in [2.75, 3.05) is 5.32 Å². The summed E-state index contributed by atoms with van der Waals surface area (Å²) in [6, 6.07) is 15.7. The fraction of sp³-hybridized carbons (Fsp3) is 0.100. The quantitative estimate of drug-likeness (QED) is 0.280. The summed E-state index contributed by atoms with van der Waals surface area (Å²) in [6.07, 6.45) is 1.51. The van der Waals surface area contributed by atoms with E-state index in [4.69, 9.17) is 16.6 Å². The first-order valence-corrected chi connectivity index (χ1v) is 8.86. The number of nitrogens with one attached hydrogen (secondary N) is 2. The fourth-order valence-corrected chi connectivity index (χ4v) is 2.79. The molecular weight excluding hydrogens is 376 g/mol. The summed E-state index contributed by atoms with van der Waals surface area (Å²) in [5, 5.41) is 18.3. The second-order valence-electron chi connectivity index (χ2n) is 6.10. The number of nitro benzene ring substituents is 1. The molecule has 8 heteroatoms. The highest BCUT2D eigenvalue weighted by Crippen LogP contribution is 2.24. The van der Waals surface area contributed by atoms with E-state index in [1.54, 1.807) is 24.3 Å². The van der Waals surface area contributed by atoms with Crippen molar-refractivity contribution >= 4 is 34.9 Å². The van der Waals surface area contributed by atoms with E-state index in [0.717, 1.165) is 22.4 Å². The van der Waals surface area contributed by atoms with E-state index in [0.29, 0.717) is 16.6 Å². The molecule has 28 heavy (non-hydrogen) atoms. The third-order valence-corrected chi connectivity index (χ3v) is 4.26. The van der Waals surface area contributed by atoms with E-state index >= 15 is 0 Å². The van der Waals surface area contributed by atoms with E-state index in [2.05, 4.69) is 15.8 Å². The smallest absolute Gasteiger partial charge is 0.269 e. The molecule has 7 nitrogen and oxygen atoms in total. The van der Waals surface area contributed by atoms with Gasteiger partial charge in [0.05, 0.1) is 11.1 Å². The average molecular weight is 394 g/mol. The highest BCUT2D eigenvalue weighted by molar-refractivity contribution is 7.80. The van der Waals surface area contributed by atoms with Crippen LogP contribution in [0.1, 0.15) is 16.9 Å². The summed E-state index contributed by atoms with van der Waals surface area (Å²) in [5.74, 6) is 1.11. The molecular formula is C20H18N4O3S. The van der Waals surface area contributed by atoms with Gasteiger partial charge in [-0.2, -0.15) is 5.10 Å². The molecule has 0 radical (unpaired) electrons. The molecule has 0 aliphatic rings. The van der Waals surface area contributed by atoms with Crippen molar-refractivity contribution in [2.24, 2.45) is 5.10 Å². The lowest BCUT2D eigenvalue weighted by Gasteiger charge is -2.12. The van der Waals surface area contributed by atoms with Crippen LogP contribution >= 0.6 is 12.2 Å². The largest absolute Gasteiger partial charge is 0.455 e. The molecule has 0 spiro atoms. The molecule has 0 amide bonds. The van der Waals surface area contributed by atoms with Crippen LogP contribution in [-0.4, -0.2) is 16.3 Å². The third-order valence-electron chi connectivity index (χ3n) is 4.07. The third kappa shape index (κ3) is 4.60. The zero-order chi connectivity index (χ0) is 20.1. The summed E-state index contributed by atoms with van der Waals surface area (Å²) in [4.78, 5) is 10.3. The zero-order valence-corrected chi connectivity index (χ0v) is 16.1. The molecule has 0 bridgehead atoms. The standard InChI is InChI=1S/C20H18N4O3S/c1-13-4-3-5-14(2)19(13)22-20(28)23-21-12-17-10-11-18(27-17)15-6-8-16(9-7-15)24(25)26/h3-12H,1-2H3,(H2,22,23,28)/b21-12-. The van der Waals surface area contributed by atoms with Gasteiger partial charge in [-0.05, 0) is 61.5 Å². The zero-order valence-electron chi connectivity index (χ0n) is 15.3. The Morgan fingerprint density at radius 1 is 1.11 bits per heavy atom. The molecule has 0 saturated heterocycles. The minimum atomic E-state index is -0.439. The van der Waals surface area contributed by atoms with Gasteiger partial charge in [0.1, 0.15) is 11.5 Å². The van der Waals surface area contributed by atoms with Crippen molar-refractivity contribution in [3.05, 3.63) is 81.6 Å².